The molecule has 2 aromatic rings. The van der Waals surface area contributed by atoms with Crippen molar-refractivity contribution in [3.05, 3.63) is 60.4 Å². The zero-order chi connectivity index (χ0) is 25.4. The molecule has 0 radical (unpaired) electrons. The molecule has 1 unspecified atom stereocenters. The summed E-state index contributed by atoms with van der Waals surface area (Å²) in [6.45, 7) is 8.67. The molecule has 1 aromatic carbocycles. The average Bonchev–Trinajstić information content (AvgIpc) is 2.92. The lowest BCUT2D eigenvalue weighted by molar-refractivity contribution is 0.230. The molecule has 1 aliphatic carbocycles. The highest BCUT2D eigenvalue weighted by Gasteiger charge is 2.27. The van der Waals surface area contributed by atoms with Gasteiger partial charge in [-0.05, 0) is 61.0 Å². The molecular formula is C34H52N2. The average molecular weight is 489 g/mol. The molecule has 1 atom stereocenters. The highest BCUT2D eigenvalue weighted by molar-refractivity contribution is 5.55. The number of allylic oxidation sites excluding steroid dienone is 1. The molecular weight excluding hydrogens is 436 g/mol. The van der Waals surface area contributed by atoms with E-state index in [9.17, 15) is 0 Å². The van der Waals surface area contributed by atoms with Gasteiger partial charge in [0.15, 0.2) is 5.82 Å². The van der Waals surface area contributed by atoms with Gasteiger partial charge in [0.25, 0.3) is 0 Å². The summed E-state index contributed by atoms with van der Waals surface area (Å²) in [6, 6.07) is 9.11. The number of unbranched alkanes of at least 4 members (excludes halogenated alkanes) is 8. The van der Waals surface area contributed by atoms with Crippen LogP contribution in [-0.2, 0) is 6.42 Å². The Kier molecular flexibility index (Phi) is 13.3. The molecule has 0 aliphatic heterocycles. The second kappa shape index (κ2) is 16.7. The lowest BCUT2D eigenvalue weighted by Gasteiger charge is -2.34. The molecule has 3 rings (SSSR count). The van der Waals surface area contributed by atoms with Crippen molar-refractivity contribution in [2.75, 3.05) is 0 Å². The summed E-state index contributed by atoms with van der Waals surface area (Å²) >= 11 is 0. The van der Waals surface area contributed by atoms with Gasteiger partial charge < -0.3 is 0 Å². The lowest BCUT2D eigenvalue weighted by Crippen LogP contribution is -2.20. The van der Waals surface area contributed by atoms with E-state index >= 15 is 0 Å². The van der Waals surface area contributed by atoms with E-state index in [1.165, 1.54) is 107 Å². The van der Waals surface area contributed by atoms with Crippen LogP contribution in [0.5, 0.6) is 0 Å². The quantitative estimate of drug-likeness (QED) is 0.163. The van der Waals surface area contributed by atoms with E-state index in [1.54, 1.807) is 0 Å². The van der Waals surface area contributed by atoms with E-state index in [2.05, 4.69) is 50.8 Å². The van der Waals surface area contributed by atoms with E-state index in [-0.39, 0.29) is 0 Å². The Morgan fingerprint density at radius 3 is 2.06 bits per heavy atom. The Hall–Kier alpha value is -1.96. The van der Waals surface area contributed by atoms with Gasteiger partial charge in [-0.3, -0.25) is 0 Å². The molecule has 1 aliphatic rings. The number of aromatic nitrogens is 2. The van der Waals surface area contributed by atoms with Crippen LogP contribution in [0.4, 0.5) is 0 Å². The first-order valence-electron chi connectivity index (χ1n) is 15.3. The van der Waals surface area contributed by atoms with Crippen LogP contribution in [-0.4, -0.2) is 9.97 Å². The molecule has 0 amide bonds. The van der Waals surface area contributed by atoms with Gasteiger partial charge in [-0.2, -0.15) is 0 Å². The summed E-state index contributed by atoms with van der Waals surface area (Å²) in [5.74, 6) is 3.19. The highest BCUT2D eigenvalue weighted by Crippen LogP contribution is 2.41. The molecule has 1 saturated carbocycles. The second-order valence-corrected chi connectivity index (χ2v) is 11.3. The van der Waals surface area contributed by atoms with E-state index in [0.717, 1.165) is 36.1 Å². The Morgan fingerprint density at radius 2 is 1.42 bits per heavy atom. The summed E-state index contributed by atoms with van der Waals surface area (Å²) in [5.41, 5.74) is 3.85. The molecule has 198 valence electrons. The molecule has 0 N–H and O–H groups in total. The minimum atomic E-state index is 0.596. The van der Waals surface area contributed by atoms with Crippen molar-refractivity contribution in [3.63, 3.8) is 0 Å². The monoisotopic (exact) mass is 488 g/mol. The van der Waals surface area contributed by atoms with Crippen LogP contribution >= 0.6 is 0 Å². The molecule has 2 nitrogen and oxygen atoms in total. The third kappa shape index (κ3) is 9.49. The number of benzene rings is 1. The maximum Gasteiger partial charge on any atom is 0.159 e. The van der Waals surface area contributed by atoms with E-state index in [0.29, 0.717) is 5.92 Å². The topological polar surface area (TPSA) is 25.8 Å². The fourth-order valence-electron chi connectivity index (χ4n) is 6.14. The number of aryl methyl sites for hydroxylation is 1. The molecule has 2 heteroatoms. The molecule has 1 aromatic heterocycles. The molecule has 36 heavy (non-hydrogen) atoms. The van der Waals surface area contributed by atoms with Crippen LogP contribution < -0.4 is 0 Å². The number of hydrogen-bond donors (Lipinski definition) is 0. The predicted octanol–water partition coefficient (Wildman–Crippen LogP) is 10.5. The molecule has 1 heterocycles. The van der Waals surface area contributed by atoms with Crippen molar-refractivity contribution >= 4 is 0 Å². The van der Waals surface area contributed by atoms with Crippen LogP contribution in [0.25, 0.3) is 11.4 Å². The van der Waals surface area contributed by atoms with Crippen molar-refractivity contribution in [2.45, 2.75) is 129 Å². The normalized spacial score (nSPS) is 18.7. The molecule has 0 spiro atoms. The summed E-state index contributed by atoms with van der Waals surface area (Å²) in [7, 11) is 0. The molecule has 0 saturated heterocycles. The van der Waals surface area contributed by atoms with E-state index in [1.807, 2.05) is 12.4 Å². The zero-order valence-corrected chi connectivity index (χ0v) is 23.4. The fourth-order valence-corrected chi connectivity index (χ4v) is 6.14. The number of hydrogen-bond acceptors (Lipinski definition) is 2. The van der Waals surface area contributed by atoms with Crippen molar-refractivity contribution < 1.29 is 0 Å². The van der Waals surface area contributed by atoms with Gasteiger partial charge in [0.05, 0.1) is 0 Å². The Labute approximate surface area is 222 Å². The van der Waals surface area contributed by atoms with Gasteiger partial charge in [0, 0.05) is 18.0 Å². The van der Waals surface area contributed by atoms with Crippen LogP contribution in [0.2, 0.25) is 0 Å². The van der Waals surface area contributed by atoms with Gasteiger partial charge in [-0.15, -0.1) is 6.58 Å². The minimum Gasteiger partial charge on any atom is -0.236 e. The van der Waals surface area contributed by atoms with E-state index in [4.69, 9.17) is 9.97 Å². The first-order valence-corrected chi connectivity index (χ1v) is 15.3. The number of rotatable bonds is 17. The maximum absolute atomic E-state index is 4.70. The summed E-state index contributed by atoms with van der Waals surface area (Å²) < 4.78 is 0. The second-order valence-electron chi connectivity index (χ2n) is 11.3. The summed E-state index contributed by atoms with van der Waals surface area (Å²) in [6.07, 6.45) is 28.9. The Morgan fingerprint density at radius 1 is 0.806 bits per heavy atom. The van der Waals surface area contributed by atoms with Crippen molar-refractivity contribution in [3.8, 4) is 11.4 Å². The third-order valence-electron chi connectivity index (χ3n) is 8.47. The maximum atomic E-state index is 4.70. The van der Waals surface area contributed by atoms with Crippen molar-refractivity contribution in [1.29, 1.82) is 0 Å². The third-order valence-corrected chi connectivity index (χ3v) is 8.47. The summed E-state index contributed by atoms with van der Waals surface area (Å²) in [4.78, 5) is 9.40. The summed E-state index contributed by atoms with van der Waals surface area (Å²) in [5, 5.41) is 0. The Bertz CT molecular complexity index is 830. The zero-order valence-electron chi connectivity index (χ0n) is 23.4. The van der Waals surface area contributed by atoms with E-state index < -0.39 is 0 Å². The van der Waals surface area contributed by atoms with Gasteiger partial charge in [-0.1, -0.05) is 121 Å². The first-order chi connectivity index (χ1) is 17.7. The smallest absolute Gasteiger partial charge is 0.159 e. The lowest BCUT2D eigenvalue weighted by atomic mass is 9.71. The van der Waals surface area contributed by atoms with Gasteiger partial charge in [-0.25, -0.2) is 9.97 Å². The van der Waals surface area contributed by atoms with Crippen molar-refractivity contribution in [1.82, 2.24) is 9.97 Å². The van der Waals surface area contributed by atoms with Crippen LogP contribution in [0.15, 0.2) is 49.3 Å². The Balaban J connectivity index is 1.49. The molecule has 0 bridgehead atoms. The minimum absolute atomic E-state index is 0.596. The fraction of sp³-hybridized carbons (Fsp3) is 0.647. The molecule has 1 fully saturated rings. The predicted molar refractivity (Wildman–Crippen MR) is 156 cm³/mol. The van der Waals surface area contributed by atoms with Crippen LogP contribution in [0, 0.1) is 11.8 Å². The van der Waals surface area contributed by atoms with Crippen LogP contribution in [0.1, 0.15) is 134 Å². The first kappa shape index (κ1) is 28.6. The van der Waals surface area contributed by atoms with Gasteiger partial charge in [0.1, 0.15) is 0 Å². The number of nitrogens with zero attached hydrogens (tertiary/aromatic N) is 2. The van der Waals surface area contributed by atoms with Crippen molar-refractivity contribution in [2.24, 2.45) is 11.8 Å². The SMILES string of the molecule is C=CCC(c1ccc(-c2ncc(CCCCCCCCC)cn2)cc1)C1CCC(CCCCC)CC1. The van der Waals surface area contributed by atoms with Gasteiger partial charge >= 0.3 is 0 Å². The highest BCUT2D eigenvalue weighted by atomic mass is 14.9. The van der Waals surface area contributed by atoms with Gasteiger partial charge in [0.2, 0.25) is 0 Å². The largest absolute Gasteiger partial charge is 0.236 e. The standard InChI is InChI=1S/C34H52N2/c1-4-7-9-10-11-12-14-17-29-26-35-34(36-27-29)32-24-22-31(23-25-32)33(15-6-3)30-20-18-28(19-21-30)16-13-8-5-2/h6,22-28,30,33H,3-5,7-21H2,1-2H3. The van der Waals surface area contributed by atoms with Crippen LogP contribution in [0.3, 0.4) is 0 Å².